The summed E-state index contributed by atoms with van der Waals surface area (Å²) in [5.74, 6) is 0. The zero-order chi connectivity index (χ0) is 14.7. The number of benzene rings is 2. The first-order valence-electron chi connectivity index (χ1n) is 7.49. The molecule has 0 saturated carbocycles. The summed E-state index contributed by atoms with van der Waals surface area (Å²) in [7, 11) is 0. The molecule has 0 spiro atoms. The van der Waals surface area contributed by atoms with E-state index < -0.39 is 6.66 Å². The van der Waals surface area contributed by atoms with E-state index in [2.05, 4.69) is 80.6 Å². The summed E-state index contributed by atoms with van der Waals surface area (Å²) >= 11 is -0.0611. The van der Waals surface area contributed by atoms with Gasteiger partial charge in [0.05, 0.1) is 0 Å². The molecule has 0 heterocycles. The van der Waals surface area contributed by atoms with E-state index in [1.54, 1.807) is 19.8 Å². The molecule has 4 heteroatoms. The van der Waals surface area contributed by atoms with E-state index in [0.717, 1.165) is 0 Å². The van der Waals surface area contributed by atoms with Gasteiger partial charge >= 0.3 is 137 Å². The third-order valence-electron chi connectivity index (χ3n) is 4.24. The van der Waals surface area contributed by atoms with Crippen LogP contribution in [0.3, 0.4) is 0 Å². The maximum atomic E-state index is 2.41. The van der Waals surface area contributed by atoms with Crippen molar-refractivity contribution in [3.05, 3.63) is 81.8 Å². The number of rotatable bonds is 4. The first-order chi connectivity index (χ1) is 10.3. The molecule has 118 valence electrons. The summed E-state index contributed by atoms with van der Waals surface area (Å²) in [6.45, 7) is 3.54. The molecule has 0 radical (unpaired) electrons. The van der Waals surface area contributed by atoms with Gasteiger partial charge in [-0.3, -0.25) is 0 Å². The average Bonchev–Trinajstić information content (AvgIpc) is 2.86. The Morgan fingerprint density at radius 3 is 1.65 bits per heavy atom. The molecule has 0 amide bonds. The van der Waals surface area contributed by atoms with Crippen molar-refractivity contribution < 1.29 is 43.2 Å². The molecule has 2 aromatic rings. The van der Waals surface area contributed by atoms with Crippen molar-refractivity contribution in [2.75, 3.05) is 0 Å². The van der Waals surface area contributed by atoms with Crippen molar-refractivity contribution >= 4 is 17.0 Å². The molecule has 0 aliphatic heterocycles. The van der Waals surface area contributed by atoms with Gasteiger partial charge in [0.15, 0.2) is 0 Å². The molecule has 1 aliphatic rings. The fourth-order valence-electron chi connectivity index (χ4n) is 2.79. The minimum Gasteiger partial charge on any atom is -1.00 e. The molecule has 1 aliphatic carbocycles. The van der Waals surface area contributed by atoms with Crippen LogP contribution in [0.25, 0.3) is 0 Å². The van der Waals surface area contributed by atoms with E-state index in [-0.39, 0.29) is 43.2 Å². The molecule has 0 bridgehead atoms. The van der Waals surface area contributed by atoms with E-state index in [1.165, 1.54) is 12.0 Å². The minimum absolute atomic E-state index is 0. The topological polar surface area (TPSA) is 0 Å². The van der Waals surface area contributed by atoms with Gasteiger partial charge in [-0.2, -0.15) is 0 Å². The molecule has 3 rings (SSSR count). The van der Waals surface area contributed by atoms with Crippen LogP contribution in [0.2, 0.25) is 0 Å². The second kappa shape index (κ2) is 9.66. The Kier molecular flexibility index (Phi) is 8.60. The van der Waals surface area contributed by atoms with Gasteiger partial charge in [0.25, 0.3) is 0 Å². The molecule has 2 aromatic carbocycles. The third kappa shape index (κ3) is 4.95. The second-order valence-electron chi connectivity index (χ2n) is 5.59. The number of hydrogen-bond acceptors (Lipinski definition) is 0. The van der Waals surface area contributed by atoms with Gasteiger partial charge in [-0.15, -0.1) is 0 Å². The molecule has 0 saturated heterocycles. The van der Waals surface area contributed by atoms with Gasteiger partial charge in [0.2, 0.25) is 0 Å². The van der Waals surface area contributed by atoms with Crippen LogP contribution in [-0.2, 0) is 18.4 Å². The first-order valence-corrected chi connectivity index (χ1v) is 12.7. The minimum atomic E-state index is -1.04. The smallest absolute Gasteiger partial charge is 1.00 e. The summed E-state index contributed by atoms with van der Waals surface area (Å²) < 4.78 is 1.77. The van der Waals surface area contributed by atoms with Crippen molar-refractivity contribution in [3.63, 3.8) is 0 Å². The Balaban J connectivity index is 0.00000132. The fourth-order valence-corrected chi connectivity index (χ4v) is 12.4. The van der Waals surface area contributed by atoms with Crippen LogP contribution in [0.15, 0.2) is 81.8 Å². The summed E-state index contributed by atoms with van der Waals surface area (Å²) in [6.07, 6.45) is 3.62. The standard InChI is InChI=1S/C12H11Si.C7H9.2ClH.Ti/c1-3-7-11(8-4-1)13-12-9-5-2-6-10-12;1-6-4-3-5-7(6)2;;;/h1-10,13H;4H,3H2,1-2H3;2*1H;/q;;;;+2/p-2. The Hall–Kier alpha value is -0.569. The van der Waals surface area contributed by atoms with E-state index in [9.17, 15) is 0 Å². The van der Waals surface area contributed by atoms with Crippen molar-refractivity contribution in [1.29, 1.82) is 0 Å². The number of hydrogen-bond donors (Lipinski definition) is 0. The maximum Gasteiger partial charge on any atom is -1.00 e. The fraction of sp³-hybridized carbons (Fsp3) is 0.158. The predicted molar refractivity (Wildman–Crippen MR) is 90.4 cm³/mol. The SMILES string of the molecule is CC1=CC[C]([Ti+2][SiH](c2ccccc2)c2ccccc2)=C1C.[Cl-].[Cl-]. The molecule has 0 atom stereocenters. The molecule has 23 heavy (non-hydrogen) atoms. The van der Waals surface area contributed by atoms with Crippen LogP contribution in [0.5, 0.6) is 0 Å². The van der Waals surface area contributed by atoms with Crippen molar-refractivity contribution in [3.8, 4) is 0 Å². The van der Waals surface area contributed by atoms with Gasteiger partial charge < -0.3 is 24.8 Å². The van der Waals surface area contributed by atoms with Crippen molar-refractivity contribution in [2.45, 2.75) is 20.3 Å². The number of allylic oxidation sites excluding steroid dienone is 4. The average molecular weight is 395 g/mol. The van der Waals surface area contributed by atoms with Crippen LogP contribution in [-0.4, -0.2) is 6.66 Å². The predicted octanol–water partition coefficient (Wildman–Crippen LogP) is -2.76. The van der Waals surface area contributed by atoms with Crippen molar-refractivity contribution in [1.82, 2.24) is 0 Å². The quantitative estimate of drug-likeness (QED) is 0.493. The van der Waals surface area contributed by atoms with Gasteiger partial charge in [-0.25, -0.2) is 0 Å². The van der Waals surface area contributed by atoms with Gasteiger partial charge in [0.1, 0.15) is 0 Å². The molecule has 0 aromatic heterocycles. The monoisotopic (exact) mass is 394 g/mol. The largest absolute Gasteiger partial charge is 1.00 e. The zero-order valence-electron chi connectivity index (χ0n) is 13.4. The molecule has 0 fully saturated rings. The second-order valence-corrected chi connectivity index (χ2v) is 13.1. The summed E-state index contributed by atoms with van der Waals surface area (Å²) in [5, 5.41) is 3.21. The Morgan fingerprint density at radius 1 is 0.783 bits per heavy atom. The van der Waals surface area contributed by atoms with Crippen LogP contribution >= 0.6 is 0 Å². The van der Waals surface area contributed by atoms with Gasteiger partial charge in [-0.1, -0.05) is 0 Å². The van der Waals surface area contributed by atoms with E-state index in [1.807, 2.05) is 0 Å². The molecular formula is C19H20Cl2SiTi. The Bertz CT molecular complexity index is 642. The molecule has 0 N–H and O–H groups in total. The van der Waals surface area contributed by atoms with Crippen LogP contribution in [0.1, 0.15) is 20.3 Å². The first kappa shape index (κ1) is 20.5. The summed E-state index contributed by atoms with van der Waals surface area (Å²) in [5.41, 5.74) is 3.09. The van der Waals surface area contributed by atoms with E-state index >= 15 is 0 Å². The molecule has 0 unspecified atom stereocenters. The summed E-state index contributed by atoms with van der Waals surface area (Å²) in [6, 6.07) is 22.4. The zero-order valence-corrected chi connectivity index (χ0v) is 17.6. The van der Waals surface area contributed by atoms with E-state index in [0.29, 0.717) is 0 Å². The Labute approximate surface area is 161 Å². The van der Waals surface area contributed by atoms with Crippen LogP contribution in [0.4, 0.5) is 0 Å². The van der Waals surface area contributed by atoms with E-state index in [4.69, 9.17) is 0 Å². The van der Waals surface area contributed by atoms with Crippen LogP contribution < -0.4 is 35.2 Å². The summed E-state index contributed by atoms with van der Waals surface area (Å²) in [4.78, 5) is 0. The maximum absolute atomic E-state index is 2.41. The molecule has 0 nitrogen and oxygen atoms in total. The van der Waals surface area contributed by atoms with Gasteiger partial charge in [-0.05, 0) is 0 Å². The Morgan fingerprint density at radius 2 is 1.26 bits per heavy atom. The number of halogens is 2. The van der Waals surface area contributed by atoms with Crippen LogP contribution in [0, 0.1) is 0 Å². The van der Waals surface area contributed by atoms with Crippen molar-refractivity contribution in [2.24, 2.45) is 0 Å². The normalized spacial score (nSPS) is 13.1. The third-order valence-corrected chi connectivity index (χ3v) is 14.0. The van der Waals surface area contributed by atoms with Gasteiger partial charge in [0, 0.05) is 0 Å². The molecular weight excluding hydrogens is 375 g/mol.